The third-order valence-corrected chi connectivity index (χ3v) is 7.03. The van der Waals surface area contributed by atoms with Crippen LogP contribution in [-0.4, -0.2) is 11.9 Å². The zero-order valence-corrected chi connectivity index (χ0v) is 13.8. The average Bonchev–Trinajstić information content (AvgIpc) is 2.65. The Bertz CT molecular complexity index is 404. The van der Waals surface area contributed by atoms with Crippen molar-refractivity contribution in [2.75, 3.05) is 0 Å². The van der Waals surface area contributed by atoms with Crippen LogP contribution >= 0.6 is 0 Å². The van der Waals surface area contributed by atoms with Crippen LogP contribution in [0, 0.1) is 28.6 Å². The highest BCUT2D eigenvalue weighted by molar-refractivity contribution is 5.77. The molecule has 5 fully saturated rings. The quantitative estimate of drug-likeness (QED) is 0.825. The number of amides is 1. The molecule has 0 aromatic heterocycles. The molecule has 5 saturated carbocycles. The molecule has 5 aliphatic carbocycles. The largest absolute Gasteiger partial charge is 0.353 e. The normalized spacial score (nSPS) is 46.8. The summed E-state index contributed by atoms with van der Waals surface area (Å²) in [6.07, 6.45) is 12.9. The Kier molecular flexibility index (Phi) is 3.17. The Morgan fingerprint density at radius 2 is 1.57 bits per heavy atom. The molecule has 0 heterocycles. The highest BCUT2D eigenvalue weighted by Gasteiger charge is 2.51. The van der Waals surface area contributed by atoms with Crippen LogP contribution < -0.4 is 5.32 Å². The second kappa shape index (κ2) is 4.73. The van der Waals surface area contributed by atoms with Gasteiger partial charge in [0.05, 0.1) is 0 Å². The Morgan fingerprint density at radius 1 is 1.00 bits per heavy atom. The molecule has 1 amide bonds. The van der Waals surface area contributed by atoms with Gasteiger partial charge in [-0.3, -0.25) is 4.79 Å². The van der Waals surface area contributed by atoms with Gasteiger partial charge in [0.25, 0.3) is 0 Å². The van der Waals surface area contributed by atoms with E-state index in [4.69, 9.17) is 0 Å². The molecule has 2 heteroatoms. The van der Waals surface area contributed by atoms with Gasteiger partial charge >= 0.3 is 0 Å². The summed E-state index contributed by atoms with van der Waals surface area (Å²) in [6, 6.07) is 0.446. The van der Waals surface area contributed by atoms with Crippen LogP contribution in [0.4, 0.5) is 0 Å². The summed E-state index contributed by atoms with van der Waals surface area (Å²) < 4.78 is 0. The van der Waals surface area contributed by atoms with Crippen LogP contribution in [0.1, 0.15) is 78.1 Å². The van der Waals surface area contributed by atoms with Gasteiger partial charge in [-0.05, 0) is 86.4 Å². The lowest BCUT2D eigenvalue weighted by Gasteiger charge is -2.56. The molecule has 118 valence electrons. The van der Waals surface area contributed by atoms with Crippen LogP contribution in [0.25, 0.3) is 0 Å². The standard InChI is InChI=1S/C19H31NO/c1-18(2)4-3-16(11-18)20-17(21)12-19-8-13-5-14(9-19)7-15(6-13)10-19/h13-16H,3-12H2,1-2H3,(H,20,21). The predicted molar refractivity (Wildman–Crippen MR) is 84.8 cm³/mol. The number of carbonyl (C=O) groups is 1. The minimum absolute atomic E-state index is 0.361. The first-order valence-corrected chi connectivity index (χ1v) is 9.21. The van der Waals surface area contributed by atoms with Gasteiger partial charge in [0.15, 0.2) is 0 Å². The van der Waals surface area contributed by atoms with Gasteiger partial charge in [-0.25, -0.2) is 0 Å². The Balaban J connectivity index is 1.36. The minimum Gasteiger partial charge on any atom is -0.353 e. The Hall–Kier alpha value is -0.530. The zero-order valence-electron chi connectivity index (χ0n) is 13.8. The summed E-state index contributed by atoms with van der Waals surface area (Å²) >= 11 is 0. The lowest BCUT2D eigenvalue weighted by atomic mass is 9.49. The van der Waals surface area contributed by atoms with Crippen molar-refractivity contribution in [1.29, 1.82) is 0 Å². The van der Waals surface area contributed by atoms with Crippen molar-refractivity contribution in [2.45, 2.75) is 84.1 Å². The molecule has 0 aliphatic heterocycles. The Labute approximate surface area is 129 Å². The summed E-state index contributed by atoms with van der Waals surface area (Å²) in [4.78, 5) is 12.6. The molecule has 0 spiro atoms. The SMILES string of the molecule is CC1(C)CCC(NC(=O)CC23CC4CC(CC(C4)C2)C3)C1. The molecule has 4 bridgehead atoms. The second-order valence-corrected chi connectivity index (χ2v) is 9.77. The number of hydrogen-bond donors (Lipinski definition) is 1. The van der Waals surface area contributed by atoms with Crippen molar-refractivity contribution >= 4 is 5.91 Å². The summed E-state index contributed by atoms with van der Waals surface area (Å²) in [5.41, 5.74) is 0.825. The number of nitrogens with one attached hydrogen (secondary N) is 1. The highest BCUT2D eigenvalue weighted by Crippen LogP contribution is 2.61. The average molecular weight is 289 g/mol. The molecule has 5 rings (SSSR count). The van der Waals surface area contributed by atoms with E-state index in [0.29, 0.717) is 22.8 Å². The van der Waals surface area contributed by atoms with Crippen LogP contribution in [0.3, 0.4) is 0 Å². The Morgan fingerprint density at radius 3 is 2.05 bits per heavy atom. The van der Waals surface area contributed by atoms with Crippen LogP contribution in [0.2, 0.25) is 0 Å². The molecular weight excluding hydrogens is 258 g/mol. The topological polar surface area (TPSA) is 29.1 Å². The first kappa shape index (κ1) is 14.1. The maximum atomic E-state index is 12.6. The third kappa shape index (κ3) is 2.75. The first-order valence-electron chi connectivity index (χ1n) is 9.21. The molecule has 2 nitrogen and oxygen atoms in total. The van der Waals surface area contributed by atoms with Gasteiger partial charge < -0.3 is 5.32 Å². The van der Waals surface area contributed by atoms with Crippen molar-refractivity contribution in [3.8, 4) is 0 Å². The predicted octanol–water partition coefficient (Wildman–Crippen LogP) is 4.29. The molecule has 0 aromatic carbocycles. The van der Waals surface area contributed by atoms with Gasteiger partial charge in [0.1, 0.15) is 0 Å². The van der Waals surface area contributed by atoms with Gasteiger partial charge in [0.2, 0.25) is 5.91 Å². The summed E-state index contributed by atoms with van der Waals surface area (Å²) in [5, 5.41) is 3.37. The maximum Gasteiger partial charge on any atom is 0.220 e. The number of rotatable bonds is 3. The summed E-state index contributed by atoms with van der Waals surface area (Å²) in [7, 11) is 0. The lowest BCUT2D eigenvalue weighted by Crippen LogP contribution is -2.48. The smallest absolute Gasteiger partial charge is 0.220 e. The van der Waals surface area contributed by atoms with E-state index in [1.54, 1.807) is 0 Å². The first-order chi connectivity index (χ1) is 9.91. The molecule has 1 unspecified atom stereocenters. The fourth-order valence-electron chi connectivity index (χ4n) is 6.69. The fourth-order valence-corrected chi connectivity index (χ4v) is 6.69. The maximum absolute atomic E-state index is 12.6. The van der Waals surface area contributed by atoms with E-state index in [0.717, 1.165) is 24.2 Å². The number of carbonyl (C=O) groups excluding carboxylic acids is 1. The van der Waals surface area contributed by atoms with Crippen LogP contribution in [0.15, 0.2) is 0 Å². The fraction of sp³-hybridized carbons (Fsp3) is 0.947. The van der Waals surface area contributed by atoms with E-state index in [2.05, 4.69) is 19.2 Å². The minimum atomic E-state index is 0.361. The van der Waals surface area contributed by atoms with E-state index in [1.807, 2.05) is 0 Å². The van der Waals surface area contributed by atoms with Gasteiger partial charge in [-0.15, -0.1) is 0 Å². The van der Waals surface area contributed by atoms with E-state index in [-0.39, 0.29) is 0 Å². The van der Waals surface area contributed by atoms with Crippen molar-refractivity contribution < 1.29 is 4.79 Å². The summed E-state index contributed by atoms with van der Waals surface area (Å²) in [6.45, 7) is 4.66. The number of hydrogen-bond acceptors (Lipinski definition) is 1. The highest BCUT2D eigenvalue weighted by atomic mass is 16.1. The molecule has 5 aliphatic rings. The molecule has 0 saturated heterocycles. The third-order valence-electron chi connectivity index (χ3n) is 7.03. The van der Waals surface area contributed by atoms with Crippen LogP contribution in [0.5, 0.6) is 0 Å². The van der Waals surface area contributed by atoms with Gasteiger partial charge in [-0.1, -0.05) is 13.8 Å². The molecule has 21 heavy (non-hydrogen) atoms. The zero-order chi connectivity index (χ0) is 14.7. The van der Waals surface area contributed by atoms with E-state index >= 15 is 0 Å². The van der Waals surface area contributed by atoms with E-state index in [9.17, 15) is 4.79 Å². The van der Waals surface area contributed by atoms with Crippen molar-refractivity contribution in [2.24, 2.45) is 28.6 Å². The van der Waals surface area contributed by atoms with Crippen molar-refractivity contribution in [1.82, 2.24) is 5.32 Å². The second-order valence-electron chi connectivity index (χ2n) is 9.77. The van der Waals surface area contributed by atoms with Crippen molar-refractivity contribution in [3.63, 3.8) is 0 Å². The molecule has 0 radical (unpaired) electrons. The molecule has 0 aromatic rings. The van der Waals surface area contributed by atoms with E-state index in [1.165, 1.54) is 57.8 Å². The molecule has 1 atom stereocenters. The van der Waals surface area contributed by atoms with Crippen LogP contribution in [-0.2, 0) is 4.79 Å². The monoisotopic (exact) mass is 289 g/mol. The summed E-state index contributed by atoms with van der Waals surface area (Å²) in [5.74, 6) is 3.22. The van der Waals surface area contributed by atoms with Gasteiger partial charge in [0, 0.05) is 12.5 Å². The molecular formula is C19H31NO. The van der Waals surface area contributed by atoms with Crippen molar-refractivity contribution in [3.05, 3.63) is 0 Å². The molecule has 1 N–H and O–H groups in total. The van der Waals surface area contributed by atoms with E-state index < -0.39 is 0 Å². The lowest BCUT2D eigenvalue weighted by molar-refractivity contribution is -0.130. The van der Waals surface area contributed by atoms with Gasteiger partial charge in [-0.2, -0.15) is 0 Å².